The number of hydrogen-bond acceptors (Lipinski definition) is 6. The van der Waals surface area contributed by atoms with Crippen LogP contribution in [0.25, 0.3) is 0 Å². The average molecular weight is 369 g/mol. The average Bonchev–Trinajstić information content (AvgIpc) is 2.60. The molecule has 138 valence electrons. The Bertz CT molecular complexity index is 727. The molecule has 25 heavy (non-hydrogen) atoms. The van der Waals surface area contributed by atoms with Crippen molar-refractivity contribution in [1.29, 1.82) is 0 Å². The number of carbonyl (C=O) groups excluding carboxylic acids is 1. The fourth-order valence-corrected chi connectivity index (χ4v) is 4.22. The summed E-state index contributed by atoms with van der Waals surface area (Å²) in [5.41, 5.74) is 0.226. The Balaban J connectivity index is 1.82. The van der Waals surface area contributed by atoms with Crippen molar-refractivity contribution >= 4 is 15.9 Å². The predicted octanol–water partition coefficient (Wildman–Crippen LogP) is -0.335. The van der Waals surface area contributed by atoms with Crippen molar-refractivity contribution in [3.63, 3.8) is 0 Å². The number of amides is 1. The zero-order valence-electron chi connectivity index (χ0n) is 14.2. The molecule has 0 saturated carbocycles. The molecular weight excluding hydrogens is 346 g/mol. The van der Waals surface area contributed by atoms with Crippen LogP contribution in [0.1, 0.15) is 10.4 Å². The molecule has 2 heterocycles. The maximum Gasteiger partial charge on any atom is 0.255 e. The molecule has 3 rings (SSSR count). The molecule has 0 unspecified atom stereocenters. The molecular formula is C16H23N3O5S. The Morgan fingerprint density at radius 3 is 2.68 bits per heavy atom. The smallest absolute Gasteiger partial charge is 0.255 e. The molecule has 0 atom stereocenters. The highest BCUT2D eigenvalue weighted by molar-refractivity contribution is 7.89. The van der Waals surface area contributed by atoms with E-state index in [4.69, 9.17) is 9.47 Å². The van der Waals surface area contributed by atoms with Gasteiger partial charge in [0.25, 0.3) is 5.91 Å². The van der Waals surface area contributed by atoms with Gasteiger partial charge in [0, 0.05) is 38.6 Å². The van der Waals surface area contributed by atoms with Gasteiger partial charge < -0.3 is 20.1 Å². The molecule has 2 saturated heterocycles. The van der Waals surface area contributed by atoms with Crippen molar-refractivity contribution in [1.82, 2.24) is 14.9 Å². The topological polar surface area (TPSA) is 97.0 Å². The molecule has 0 radical (unpaired) electrons. The number of benzene rings is 1. The van der Waals surface area contributed by atoms with Crippen LogP contribution in [-0.2, 0) is 14.8 Å². The standard InChI is InChI=1S/C16H23N3O5S/c1-23-15-3-2-13(25(21,22)19-4-6-24-7-5-19)8-14(15)16(20)18-11-12-9-17-10-12/h2-3,8,12,17H,4-7,9-11H2,1H3,(H,18,20). The van der Waals surface area contributed by atoms with Gasteiger partial charge in [0.2, 0.25) is 10.0 Å². The van der Waals surface area contributed by atoms with Crippen molar-refractivity contribution in [3.05, 3.63) is 23.8 Å². The van der Waals surface area contributed by atoms with E-state index in [2.05, 4.69) is 10.6 Å². The van der Waals surface area contributed by atoms with E-state index in [-0.39, 0.29) is 16.4 Å². The summed E-state index contributed by atoms with van der Waals surface area (Å²) in [7, 11) is -2.20. The molecule has 2 aliphatic rings. The third-order valence-electron chi connectivity index (χ3n) is 4.44. The summed E-state index contributed by atoms with van der Waals surface area (Å²) in [6, 6.07) is 4.38. The lowest BCUT2D eigenvalue weighted by Crippen LogP contribution is -2.48. The molecule has 2 aliphatic heterocycles. The summed E-state index contributed by atoms with van der Waals surface area (Å²) in [5, 5.41) is 5.99. The van der Waals surface area contributed by atoms with E-state index in [1.807, 2.05) is 0 Å². The number of rotatable bonds is 6. The monoisotopic (exact) mass is 369 g/mol. The first-order valence-corrected chi connectivity index (χ1v) is 9.71. The van der Waals surface area contributed by atoms with E-state index in [1.54, 1.807) is 0 Å². The Hall–Kier alpha value is -1.68. The van der Waals surface area contributed by atoms with Gasteiger partial charge in [-0.2, -0.15) is 4.31 Å². The molecule has 0 spiro atoms. The highest BCUT2D eigenvalue weighted by Gasteiger charge is 2.28. The van der Waals surface area contributed by atoms with Gasteiger partial charge in [-0.1, -0.05) is 0 Å². The van der Waals surface area contributed by atoms with Crippen LogP contribution >= 0.6 is 0 Å². The minimum absolute atomic E-state index is 0.0886. The summed E-state index contributed by atoms with van der Waals surface area (Å²) >= 11 is 0. The minimum atomic E-state index is -3.66. The number of carbonyl (C=O) groups is 1. The molecule has 2 fully saturated rings. The van der Waals surface area contributed by atoms with Crippen molar-refractivity contribution in [2.75, 3.05) is 53.0 Å². The van der Waals surface area contributed by atoms with Gasteiger partial charge in [-0.25, -0.2) is 8.42 Å². The predicted molar refractivity (Wildman–Crippen MR) is 91.3 cm³/mol. The summed E-state index contributed by atoms with van der Waals surface area (Å²) < 4.78 is 37.4. The van der Waals surface area contributed by atoms with Crippen LogP contribution in [0.4, 0.5) is 0 Å². The summed E-state index contributed by atoms with van der Waals surface area (Å²) in [6.07, 6.45) is 0. The van der Waals surface area contributed by atoms with E-state index in [0.29, 0.717) is 44.5 Å². The normalized spacial score (nSPS) is 19.2. The van der Waals surface area contributed by atoms with Crippen LogP contribution < -0.4 is 15.4 Å². The Morgan fingerprint density at radius 1 is 1.36 bits per heavy atom. The van der Waals surface area contributed by atoms with E-state index < -0.39 is 10.0 Å². The van der Waals surface area contributed by atoms with Gasteiger partial charge in [0.15, 0.2) is 0 Å². The largest absolute Gasteiger partial charge is 0.496 e. The van der Waals surface area contributed by atoms with Crippen LogP contribution in [0.3, 0.4) is 0 Å². The van der Waals surface area contributed by atoms with Gasteiger partial charge in [0.05, 0.1) is 30.8 Å². The summed E-state index contributed by atoms with van der Waals surface area (Å²) in [6.45, 7) is 3.67. The first-order chi connectivity index (χ1) is 12.0. The first kappa shape index (κ1) is 18.1. The SMILES string of the molecule is COc1ccc(S(=O)(=O)N2CCOCC2)cc1C(=O)NCC1CNC1. The number of ether oxygens (including phenoxy) is 2. The van der Waals surface area contributed by atoms with Gasteiger partial charge in [0.1, 0.15) is 5.75 Å². The zero-order chi connectivity index (χ0) is 17.9. The Morgan fingerprint density at radius 2 is 2.08 bits per heavy atom. The van der Waals surface area contributed by atoms with Crippen LogP contribution in [0.2, 0.25) is 0 Å². The first-order valence-electron chi connectivity index (χ1n) is 8.27. The zero-order valence-corrected chi connectivity index (χ0v) is 15.0. The lowest BCUT2D eigenvalue weighted by atomic mass is 10.0. The van der Waals surface area contributed by atoms with Crippen LogP contribution in [0.5, 0.6) is 5.75 Å². The molecule has 0 aromatic heterocycles. The van der Waals surface area contributed by atoms with E-state index in [1.165, 1.54) is 29.6 Å². The number of nitrogens with one attached hydrogen (secondary N) is 2. The third kappa shape index (κ3) is 3.95. The van der Waals surface area contributed by atoms with Gasteiger partial charge in [-0.15, -0.1) is 0 Å². The summed E-state index contributed by atoms with van der Waals surface area (Å²) in [5.74, 6) is 0.433. The number of morpholine rings is 1. The Labute approximate surface area is 147 Å². The molecule has 0 aliphatic carbocycles. The van der Waals surface area contributed by atoms with Crippen molar-refractivity contribution in [2.24, 2.45) is 5.92 Å². The van der Waals surface area contributed by atoms with Gasteiger partial charge in [-0.3, -0.25) is 4.79 Å². The third-order valence-corrected chi connectivity index (χ3v) is 6.34. The van der Waals surface area contributed by atoms with Crippen molar-refractivity contribution in [3.8, 4) is 5.75 Å². The van der Waals surface area contributed by atoms with Crippen LogP contribution in [-0.4, -0.2) is 71.7 Å². The minimum Gasteiger partial charge on any atom is -0.496 e. The second kappa shape index (κ2) is 7.69. The fourth-order valence-electron chi connectivity index (χ4n) is 2.79. The number of nitrogens with zero attached hydrogens (tertiary/aromatic N) is 1. The number of sulfonamides is 1. The highest BCUT2D eigenvalue weighted by Crippen LogP contribution is 2.25. The van der Waals surface area contributed by atoms with E-state index in [0.717, 1.165) is 13.1 Å². The second-order valence-corrected chi connectivity index (χ2v) is 8.05. The molecule has 1 amide bonds. The number of methoxy groups -OCH3 is 1. The quantitative estimate of drug-likeness (QED) is 0.712. The van der Waals surface area contributed by atoms with Crippen LogP contribution in [0, 0.1) is 5.92 Å². The maximum absolute atomic E-state index is 12.8. The molecule has 1 aromatic carbocycles. The lowest BCUT2D eigenvalue weighted by molar-refractivity contribution is 0.0730. The number of hydrogen-bond donors (Lipinski definition) is 2. The Kier molecular flexibility index (Phi) is 5.57. The van der Waals surface area contributed by atoms with Crippen LogP contribution in [0.15, 0.2) is 23.1 Å². The summed E-state index contributed by atoms with van der Waals surface area (Å²) in [4.78, 5) is 12.6. The maximum atomic E-state index is 12.8. The van der Waals surface area contributed by atoms with E-state index >= 15 is 0 Å². The highest BCUT2D eigenvalue weighted by atomic mass is 32.2. The molecule has 1 aromatic rings. The molecule has 2 N–H and O–H groups in total. The fraction of sp³-hybridized carbons (Fsp3) is 0.562. The molecule has 9 heteroatoms. The molecule has 0 bridgehead atoms. The van der Waals surface area contributed by atoms with Gasteiger partial charge in [-0.05, 0) is 18.2 Å². The van der Waals surface area contributed by atoms with Crippen molar-refractivity contribution < 1.29 is 22.7 Å². The van der Waals surface area contributed by atoms with E-state index in [9.17, 15) is 13.2 Å². The lowest BCUT2D eigenvalue weighted by Gasteiger charge is -2.27. The van der Waals surface area contributed by atoms with Gasteiger partial charge >= 0.3 is 0 Å². The second-order valence-electron chi connectivity index (χ2n) is 6.11. The molecule has 8 nitrogen and oxygen atoms in total. The van der Waals surface area contributed by atoms with Crippen molar-refractivity contribution in [2.45, 2.75) is 4.90 Å².